The van der Waals surface area contributed by atoms with Crippen LogP contribution in [0.15, 0.2) is 16.9 Å². The summed E-state index contributed by atoms with van der Waals surface area (Å²) in [6, 6.07) is 2.64. The first-order valence-corrected chi connectivity index (χ1v) is 3.90. The van der Waals surface area contributed by atoms with Crippen LogP contribution in [0.1, 0.15) is 16.2 Å². The van der Waals surface area contributed by atoms with Crippen LogP contribution >= 0.6 is 0 Å². The molecule has 72 valence electrons. The highest BCUT2D eigenvalue weighted by atomic mass is 16.4. The van der Waals surface area contributed by atoms with E-state index < -0.39 is 5.97 Å². The minimum atomic E-state index is -1.10. The first kappa shape index (κ1) is 8.49. The van der Waals surface area contributed by atoms with Gasteiger partial charge >= 0.3 is 5.97 Å². The second-order valence-electron chi connectivity index (χ2n) is 2.90. The van der Waals surface area contributed by atoms with E-state index in [1.54, 1.807) is 6.92 Å². The van der Waals surface area contributed by atoms with Crippen molar-refractivity contribution in [3.8, 4) is 0 Å². The third-order valence-corrected chi connectivity index (χ3v) is 1.81. The topological polar surface area (TPSA) is 87.5 Å². The van der Waals surface area contributed by atoms with Crippen LogP contribution in [0.25, 0.3) is 5.65 Å². The molecule has 0 unspecified atom stereocenters. The number of H-pyrrole nitrogens is 1. The van der Waals surface area contributed by atoms with Crippen molar-refractivity contribution in [2.75, 3.05) is 0 Å². The van der Waals surface area contributed by atoms with Gasteiger partial charge in [-0.2, -0.15) is 0 Å². The second-order valence-corrected chi connectivity index (χ2v) is 2.90. The maximum atomic E-state index is 11.0. The van der Waals surface area contributed by atoms with Crippen LogP contribution < -0.4 is 5.56 Å². The molecule has 0 amide bonds. The summed E-state index contributed by atoms with van der Waals surface area (Å²) < 4.78 is 1.15. The van der Waals surface area contributed by atoms with Crippen molar-refractivity contribution in [1.82, 2.24) is 14.6 Å². The fourth-order valence-corrected chi connectivity index (χ4v) is 1.28. The minimum Gasteiger partial charge on any atom is -0.477 e. The summed E-state index contributed by atoms with van der Waals surface area (Å²) in [7, 11) is 0. The van der Waals surface area contributed by atoms with Gasteiger partial charge in [-0.15, -0.1) is 0 Å². The van der Waals surface area contributed by atoms with Crippen LogP contribution in [0.3, 0.4) is 0 Å². The van der Waals surface area contributed by atoms with E-state index in [-0.39, 0.29) is 11.3 Å². The third-order valence-electron chi connectivity index (χ3n) is 1.81. The molecule has 2 heterocycles. The van der Waals surface area contributed by atoms with Gasteiger partial charge in [-0.25, -0.2) is 14.3 Å². The lowest BCUT2D eigenvalue weighted by Crippen LogP contribution is -2.10. The van der Waals surface area contributed by atoms with Crippen molar-refractivity contribution in [2.24, 2.45) is 0 Å². The van der Waals surface area contributed by atoms with Crippen molar-refractivity contribution >= 4 is 11.6 Å². The van der Waals surface area contributed by atoms with Crippen LogP contribution in [0.2, 0.25) is 0 Å². The van der Waals surface area contributed by atoms with Crippen LogP contribution in [-0.4, -0.2) is 25.7 Å². The molecule has 0 radical (unpaired) electrons. The molecule has 2 rings (SSSR count). The van der Waals surface area contributed by atoms with Crippen LogP contribution in [-0.2, 0) is 0 Å². The summed E-state index contributed by atoms with van der Waals surface area (Å²) in [5.74, 6) is -1.10. The van der Waals surface area contributed by atoms with Crippen molar-refractivity contribution in [3.05, 3.63) is 33.9 Å². The van der Waals surface area contributed by atoms with Gasteiger partial charge < -0.3 is 5.11 Å². The van der Waals surface area contributed by atoms with E-state index in [1.807, 2.05) is 0 Å². The van der Waals surface area contributed by atoms with Crippen molar-refractivity contribution < 1.29 is 9.90 Å². The molecule has 2 aromatic heterocycles. The SMILES string of the molecule is Cc1cc(C(=O)O)n2[nH]c(=O)cc2n1. The number of carboxylic acid groups (broad SMARTS) is 1. The van der Waals surface area contributed by atoms with E-state index in [4.69, 9.17) is 5.11 Å². The largest absolute Gasteiger partial charge is 0.477 e. The number of rotatable bonds is 1. The summed E-state index contributed by atoms with van der Waals surface area (Å²) in [5.41, 5.74) is 0.494. The Morgan fingerprint density at radius 1 is 1.57 bits per heavy atom. The molecule has 0 bridgehead atoms. The molecule has 0 aliphatic heterocycles. The summed E-state index contributed by atoms with van der Waals surface area (Å²) in [4.78, 5) is 25.8. The van der Waals surface area contributed by atoms with Gasteiger partial charge in [0.25, 0.3) is 5.56 Å². The van der Waals surface area contributed by atoms with Crippen molar-refractivity contribution in [2.45, 2.75) is 6.92 Å². The first-order chi connectivity index (χ1) is 6.58. The highest BCUT2D eigenvalue weighted by Gasteiger charge is 2.10. The van der Waals surface area contributed by atoms with Crippen molar-refractivity contribution in [1.29, 1.82) is 0 Å². The molecular formula is C8H7N3O3. The van der Waals surface area contributed by atoms with Gasteiger partial charge in [0.1, 0.15) is 0 Å². The Balaban J connectivity index is 2.92. The molecule has 0 atom stereocenters. The number of hydrogen-bond acceptors (Lipinski definition) is 3. The maximum absolute atomic E-state index is 11.0. The maximum Gasteiger partial charge on any atom is 0.354 e. The molecule has 14 heavy (non-hydrogen) atoms. The quantitative estimate of drug-likeness (QED) is 0.668. The Labute approximate surface area is 77.8 Å². The number of aryl methyl sites for hydroxylation is 1. The van der Waals surface area contributed by atoms with Gasteiger partial charge in [0.05, 0.1) is 0 Å². The molecule has 2 N–H and O–H groups in total. The zero-order valence-electron chi connectivity index (χ0n) is 7.31. The highest BCUT2D eigenvalue weighted by Crippen LogP contribution is 2.04. The van der Waals surface area contributed by atoms with E-state index in [1.165, 1.54) is 12.1 Å². The molecule has 0 aliphatic rings. The molecule has 2 aromatic rings. The molecule has 0 fully saturated rings. The van der Waals surface area contributed by atoms with E-state index in [2.05, 4.69) is 10.1 Å². The van der Waals surface area contributed by atoms with Gasteiger partial charge in [-0.1, -0.05) is 0 Å². The highest BCUT2D eigenvalue weighted by molar-refractivity contribution is 5.86. The Hall–Kier alpha value is -2.11. The first-order valence-electron chi connectivity index (χ1n) is 3.90. The van der Waals surface area contributed by atoms with Crippen molar-refractivity contribution in [3.63, 3.8) is 0 Å². The number of nitrogens with zero attached hydrogens (tertiary/aromatic N) is 2. The standard InChI is InChI=1S/C8H7N3O3/c1-4-2-5(8(13)14)11-6(9-4)3-7(12)10-11/h2-3H,1H3,(H,10,12)(H,13,14). The molecule has 0 spiro atoms. The summed E-state index contributed by atoms with van der Waals surface area (Å²) >= 11 is 0. The molecule has 0 saturated heterocycles. The Morgan fingerprint density at radius 2 is 2.29 bits per heavy atom. The minimum absolute atomic E-state index is 0.00500. The molecule has 6 nitrogen and oxygen atoms in total. The fraction of sp³-hybridized carbons (Fsp3) is 0.125. The van der Waals surface area contributed by atoms with E-state index in [0.717, 1.165) is 4.52 Å². The molecule has 6 heteroatoms. The summed E-state index contributed by atoms with van der Waals surface area (Å²) in [5, 5.41) is 11.2. The number of carbonyl (C=O) groups is 1. The Bertz CT molecular complexity index is 567. The average molecular weight is 193 g/mol. The fourth-order valence-electron chi connectivity index (χ4n) is 1.28. The lowest BCUT2D eigenvalue weighted by Gasteiger charge is -2.00. The molecule has 0 saturated carbocycles. The average Bonchev–Trinajstić information content (AvgIpc) is 2.42. The predicted molar refractivity (Wildman–Crippen MR) is 47.5 cm³/mol. The number of nitrogens with one attached hydrogen (secondary N) is 1. The van der Waals surface area contributed by atoms with Crippen LogP contribution in [0.5, 0.6) is 0 Å². The number of carboxylic acids is 1. The summed E-state index contributed by atoms with van der Waals surface area (Å²) in [6.07, 6.45) is 0. The lowest BCUT2D eigenvalue weighted by molar-refractivity contribution is 0.0687. The van der Waals surface area contributed by atoms with Gasteiger partial charge in [0.2, 0.25) is 0 Å². The second kappa shape index (κ2) is 2.69. The van der Waals surface area contributed by atoms with Crippen LogP contribution in [0.4, 0.5) is 0 Å². The normalized spacial score (nSPS) is 10.6. The van der Waals surface area contributed by atoms with Gasteiger partial charge in [-0.3, -0.25) is 9.89 Å². The monoisotopic (exact) mass is 193 g/mol. The van der Waals surface area contributed by atoms with E-state index >= 15 is 0 Å². The van der Waals surface area contributed by atoms with Gasteiger partial charge in [-0.05, 0) is 13.0 Å². The predicted octanol–water partition coefficient (Wildman–Crippen LogP) is 0.0292. The molecule has 0 aromatic carbocycles. The number of aromatic amines is 1. The molecular weight excluding hydrogens is 186 g/mol. The van der Waals surface area contributed by atoms with Gasteiger partial charge in [0.15, 0.2) is 11.3 Å². The third kappa shape index (κ3) is 1.17. The van der Waals surface area contributed by atoms with Gasteiger partial charge in [0, 0.05) is 11.8 Å². The lowest BCUT2D eigenvalue weighted by atomic mass is 10.3. The number of hydrogen-bond donors (Lipinski definition) is 2. The number of aromatic nitrogens is 3. The Morgan fingerprint density at radius 3 is 2.93 bits per heavy atom. The Kier molecular flexibility index (Phi) is 1.63. The van der Waals surface area contributed by atoms with E-state index in [9.17, 15) is 9.59 Å². The zero-order chi connectivity index (χ0) is 10.3. The van der Waals surface area contributed by atoms with Crippen LogP contribution in [0, 0.1) is 6.92 Å². The number of aromatic carboxylic acids is 1. The zero-order valence-corrected chi connectivity index (χ0v) is 7.31. The number of fused-ring (bicyclic) bond motifs is 1. The smallest absolute Gasteiger partial charge is 0.354 e. The molecule has 0 aliphatic carbocycles. The van der Waals surface area contributed by atoms with E-state index in [0.29, 0.717) is 11.3 Å². The summed E-state index contributed by atoms with van der Waals surface area (Å²) in [6.45, 7) is 1.67.